The van der Waals surface area contributed by atoms with Gasteiger partial charge in [0.1, 0.15) is 11.6 Å². The first-order chi connectivity index (χ1) is 12.6. The standard InChI is InChI=1S/C19H17F2N3O2/c20-19(21)26-16-8-6-14(7-9-16)12-18(25)23-13-17-22-10-11-24(17)15-4-2-1-3-5-15/h1-11,19H,12-13H2,(H,23,25). The van der Waals surface area contributed by atoms with Crippen LogP contribution in [0.5, 0.6) is 5.75 Å². The van der Waals surface area contributed by atoms with Gasteiger partial charge in [-0.05, 0) is 29.8 Å². The van der Waals surface area contributed by atoms with E-state index in [1.807, 2.05) is 41.1 Å². The Bertz CT molecular complexity index is 849. The lowest BCUT2D eigenvalue weighted by atomic mass is 10.1. The smallest absolute Gasteiger partial charge is 0.387 e. The SMILES string of the molecule is O=C(Cc1ccc(OC(F)F)cc1)NCc1nccn1-c1ccccc1. The fraction of sp³-hybridized carbons (Fsp3) is 0.158. The van der Waals surface area contributed by atoms with Crippen molar-refractivity contribution in [1.82, 2.24) is 14.9 Å². The van der Waals surface area contributed by atoms with Gasteiger partial charge in [-0.25, -0.2) is 4.98 Å². The number of benzene rings is 2. The van der Waals surface area contributed by atoms with Gasteiger partial charge in [-0.1, -0.05) is 30.3 Å². The van der Waals surface area contributed by atoms with Gasteiger partial charge in [0.25, 0.3) is 0 Å². The molecule has 0 radical (unpaired) electrons. The van der Waals surface area contributed by atoms with E-state index in [0.717, 1.165) is 5.69 Å². The second-order valence-electron chi connectivity index (χ2n) is 5.52. The molecular weight excluding hydrogens is 340 g/mol. The number of hydrogen-bond acceptors (Lipinski definition) is 3. The van der Waals surface area contributed by atoms with Crippen LogP contribution in [0, 0.1) is 0 Å². The topological polar surface area (TPSA) is 56.1 Å². The Morgan fingerprint density at radius 1 is 1.12 bits per heavy atom. The summed E-state index contributed by atoms with van der Waals surface area (Å²) in [6.45, 7) is -2.58. The summed E-state index contributed by atoms with van der Waals surface area (Å²) in [7, 11) is 0. The van der Waals surface area contributed by atoms with Crippen LogP contribution in [0.1, 0.15) is 11.4 Å². The Kier molecular flexibility index (Phi) is 5.58. The lowest BCUT2D eigenvalue weighted by Gasteiger charge is -2.09. The first-order valence-corrected chi connectivity index (χ1v) is 8.00. The number of alkyl halides is 2. The highest BCUT2D eigenvalue weighted by Crippen LogP contribution is 2.15. The van der Waals surface area contributed by atoms with Crippen molar-refractivity contribution in [3.8, 4) is 11.4 Å². The first-order valence-electron chi connectivity index (χ1n) is 8.00. The molecule has 3 aromatic rings. The molecule has 0 saturated heterocycles. The molecule has 1 N–H and O–H groups in total. The van der Waals surface area contributed by atoms with Gasteiger partial charge in [0.05, 0.1) is 13.0 Å². The number of carbonyl (C=O) groups excluding carboxylic acids is 1. The van der Waals surface area contributed by atoms with E-state index >= 15 is 0 Å². The van der Waals surface area contributed by atoms with Gasteiger partial charge in [-0.3, -0.25) is 4.79 Å². The van der Waals surface area contributed by atoms with E-state index in [-0.39, 0.29) is 24.6 Å². The molecule has 1 aromatic heterocycles. The quantitative estimate of drug-likeness (QED) is 0.706. The Morgan fingerprint density at radius 2 is 1.85 bits per heavy atom. The third-order valence-electron chi connectivity index (χ3n) is 3.71. The van der Waals surface area contributed by atoms with Gasteiger partial charge in [-0.15, -0.1) is 0 Å². The normalized spacial score (nSPS) is 10.7. The lowest BCUT2D eigenvalue weighted by Crippen LogP contribution is -2.26. The number of halogens is 2. The maximum atomic E-state index is 12.1. The molecule has 2 aromatic carbocycles. The van der Waals surface area contributed by atoms with E-state index in [0.29, 0.717) is 11.4 Å². The number of amides is 1. The van der Waals surface area contributed by atoms with Crippen molar-refractivity contribution >= 4 is 5.91 Å². The summed E-state index contributed by atoms with van der Waals surface area (Å²) in [6.07, 6.45) is 3.65. The summed E-state index contributed by atoms with van der Waals surface area (Å²) in [4.78, 5) is 16.4. The molecule has 0 fully saturated rings. The zero-order chi connectivity index (χ0) is 18.4. The van der Waals surface area contributed by atoms with Gasteiger partial charge in [0, 0.05) is 18.1 Å². The van der Waals surface area contributed by atoms with Crippen molar-refractivity contribution in [3.05, 3.63) is 78.4 Å². The molecule has 134 valence electrons. The van der Waals surface area contributed by atoms with Crippen molar-refractivity contribution in [3.63, 3.8) is 0 Å². The maximum Gasteiger partial charge on any atom is 0.387 e. The monoisotopic (exact) mass is 357 g/mol. The molecule has 0 atom stereocenters. The fourth-order valence-corrected chi connectivity index (χ4v) is 2.50. The molecule has 0 bridgehead atoms. The molecule has 26 heavy (non-hydrogen) atoms. The molecule has 0 saturated carbocycles. The van der Waals surface area contributed by atoms with Crippen molar-refractivity contribution in [2.45, 2.75) is 19.6 Å². The predicted molar refractivity (Wildman–Crippen MR) is 92.2 cm³/mol. The number of ether oxygens (including phenoxy) is 1. The largest absolute Gasteiger partial charge is 0.435 e. The highest BCUT2D eigenvalue weighted by Gasteiger charge is 2.09. The minimum Gasteiger partial charge on any atom is -0.435 e. The number of carbonyl (C=O) groups is 1. The summed E-state index contributed by atoms with van der Waals surface area (Å²) in [6, 6.07) is 15.7. The zero-order valence-electron chi connectivity index (χ0n) is 13.8. The molecular formula is C19H17F2N3O2. The minimum absolute atomic E-state index is 0.0639. The number of hydrogen-bond donors (Lipinski definition) is 1. The molecule has 1 amide bonds. The van der Waals surface area contributed by atoms with Gasteiger partial charge < -0.3 is 14.6 Å². The predicted octanol–water partition coefficient (Wildman–Crippen LogP) is 3.33. The molecule has 0 aliphatic heterocycles. The molecule has 1 heterocycles. The summed E-state index contributed by atoms with van der Waals surface area (Å²) in [5.41, 5.74) is 1.67. The number of para-hydroxylation sites is 1. The van der Waals surface area contributed by atoms with E-state index < -0.39 is 6.61 Å². The highest BCUT2D eigenvalue weighted by atomic mass is 19.3. The Morgan fingerprint density at radius 3 is 2.54 bits per heavy atom. The van der Waals surface area contributed by atoms with Gasteiger partial charge >= 0.3 is 6.61 Å². The van der Waals surface area contributed by atoms with E-state index in [2.05, 4.69) is 15.0 Å². The van der Waals surface area contributed by atoms with Crippen LogP contribution in [0.25, 0.3) is 5.69 Å². The highest BCUT2D eigenvalue weighted by molar-refractivity contribution is 5.78. The second kappa shape index (κ2) is 8.24. The van der Waals surface area contributed by atoms with E-state index in [4.69, 9.17) is 0 Å². The molecule has 0 spiro atoms. The zero-order valence-corrected chi connectivity index (χ0v) is 13.8. The van der Waals surface area contributed by atoms with Crippen LogP contribution in [0.3, 0.4) is 0 Å². The maximum absolute atomic E-state index is 12.1. The number of imidazole rings is 1. The average molecular weight is 357 g/mol. The second-order valence-corrected chi connectivity index (χ2v) is 5.52. The van der Waals surface area contributed by atoms with E-state index in [1.165, 1.54) is 12.1 Å². The average Bonchev–Trinajstić information content (AvgIpc) is 3.11. The van der Waals surface area contributed by atoms with Crippen LogP contribution in [0.15, 0.2) is 67.0 Å². The van der Waals surface area contributed by atoms with Gasteiger partial charge in [0.15, 0.2) is 0 Å². The van der Waals surface area contributed by atoms with E-state index in [9.17, 15) is 13.6 Å². The van der Waals surface area contributed by atoms with Crippen LogP contribution >= 0.6 is 0 Å². The van der Waals surface area contributed by atoms with Crippen LogP contribution in [-0.4, -0.2) is 22.1 Å². The van der Waals surface area contributed by atoms with Gasteiger partial charge in [-0.2, -0.15) is 8.78 Å². The molecule has 0 unspecified atom stereocenters. The summed E-state index contributed by atoms with van der Waals surface area (Å²) >= 11 is 0. The van der Waals surface area contributed by atoms with Crippen LogP contribution < -0.4 is 10.1 Å². The van der Waals surface area contributed by atoms with Crippen LogP contribution in [-0.2, 0) is 17.8 Å². The lowest BCUT2D eigenvalue weighted by molar-refractivity contribution is -0.120. The Hall–Kier alpha value is -3.22. The van der Waals surface area contributed by atoms with Crippen molar-refractivity contribution in [2.75, 3.05) is 0 Å². The summed E-state index contributed by atoms with van der Waals surface area (Å²) in [5, 5.41) is 2.82. The first kappa shape index (κ1) is 17.6. The molecule has 0 aliphatic carbocycles. The van der Waals surface area contributed by atoms with E-state index in [1.54, 1.807) is 18.3 Å². The number of nitrogens with zero attached hydrogens (tertiary/aromatic N) is 2. The third kappa shape index (κ3) is 4.66. The van der Waals surface area contributed by atoms with Crippen molar-refractivity contribution in [1.29, 1.82) is 0 Å². The van der Waals surface area contributed by atoms with Crippen molar-refractivity contribution in [2.24, 2.45) is 0 Å². The summed E-state index contributed by atoms with van der Waals surface area (Å²) in [5.74, 6) is 0.592. The molecule has 7 heteroatoms. The Labute approximate surface area is 149 Å². The summed E-state index contributed by atoms with van der Waals surface area (Å²) < 4.78 is 30.4. The Balaban J connectivity index is 1.56. The number of rotatable bonds is 7. The van der Waals surface area contributed by atoms with Gasteiger partial charge in [0.2, 0.25) is 5.91 Å². The van der Waals surface area contributed by atoms with Crippen LogP contribution in [0.2, 0.25) is 0 Å². The fourth-order valence-electron chi connectivity index (χ4n) is 2.50. The molecule has 3 rings (SSSR count). The minimum atomic E-state index is -2.86. The molecule has 0 aliphatic rings. The number of nitrogens with one attached hydrogen (secondary N) is 1. The van der Waals surface area contributed by atoms with Crippen LogP contribution in [0.4, 0.5) is 8.78 Å². The van der Waals surface area contributed by atoms with Crippen molar-refractivity contribution < 1.29 is 18.3 Å². The third-order valence-corrected chi connectivity index (χ3v) is 3.71. The number of aromatic nitrogens is 2. The molecule has 5 nitrogen and oxygen atoms in total.